The fraction of sp³-hybridized carbons (Fsp3) is 0.923. The lowest BCUT2D eigenvalue weighted by atomic mass is 10.00. The molecule has 0 aliphatic carbocycles. The van der Waals surface area contributed by atoms with E-state index in [2.05, 4.69) is 43.5 Å². The molecular weight excluding hydrogens is 875 g/mol. The monoisotopic (exact) mass is 1000 g/mol. The molecule has 6 heteroatoms. The molecule has 0 rings (SSSR count). The van der Waals surface area contributed by atoms with Crippen molar-refractivity contribution in [3.05, 3.63) is 24.3 Å². The molecule has 4 atom stereocenters. The first-order chi connectivity index (χ1) is 35.0. The molecule has 0 radical (unpaired) electrons. The summed E-state index contributed by atoms with van der Waals surface area (Å²) in [5.74, 6) is -0.587. The lowest BCUT2D eigenvalue weighted by Gasteiger charge is -2.27. The van der Waals surface area contributed by atoms with E-state index in [0.29, 0.717) is 12.8 Å². The smallest absolute Gasteiger partial charge is 0.249 e. The molecule has 1 amide bonds. The largest absolute Gasteiger partial charge is 0.394 e. The molecule has 6 nitrogen and oxygen atoms in total. The third-order valence-electron chi connectivity index (χ3n) is 15.4. The lowest BCUT2D eigenvalue weighted by Crippen LogP contribution is -2.53. The first kappa shape index (κ1) is 69.8. The molecule has 0 aromatic heterocycles. The van der Waals surface area contributed by atoms with Gasteiger partial charge in [0, 0.05) is 0 Å². The first-order valence-electron chi connectivity index (χ1n) is 32.2. The molecule has 0 saturated heterocycles. The quantitative estimate of drug-likeness (QED) is 0.0308. The number of aliphatic hydroxyl groups excluding tert-OH is 4. The minimum Gasteiger partial charge on any atom is -0.394 e. The minimum atomic E-state index is -1.28. The summed E-state index contributed by atoms with van der Waals surface area (Å²) >= 11 is 0. The Kier molecular flexibility index (Phi) is 58.6. The van der Waals surface area contributed by atoms with E-state index < -0.39 is 36.9 Å². The summed E-state index contributed by atoms with van der Waals surface area (Å²) in [4.78, 5) is 12.6. The Bertz CT molecular complexity index is 1080. The van der Waals surface area contributed by atoms with Crippen LogP contribution in [-0.4, -0.2) is 57.3 Å². The van der Waals surface area contributed by atoms with Crippen molar-refractivity contribution in [1.29, 1.82) is 0 Å². The maximum atomic E-state index is 12.6. The molecule has 0 aromatic rings. The molecule has 0 aliphatic heterocycles. The van der Waals surface area contributed by atoms with Gasteiger partial charge in [0.25, 0.3) is 0 Å². The van der Waals surface area contributed by atoms with E-state index >= 15 is 0 Å². The molecule has 0 aromatic carbocycles. The van der Waals surface area contributed by atoms with E-state index in [1.54, 1.807) is 0 Å². The summed E-state index contributed by atoms with van der Waals surface area (Å²) < 4.78 is 0. The molecule has 422 valence electrons. The number of carbonyl (C=O) groups is 1. The Hall–Kier alpha value is -1.21. The topological polar surface area (TPSA) is 110 Å². The summed E-state index contributed by atoms with van der Waals surface area (Å²) in [5.41, 5.74) is 0. The van der Waals surface area contributed by atoms with Crippen LogP contribution in [0, 0.1) is 0 Å². The van der Waals surface area contributed by atoms with E-state index in [4.69, 9.17) is 0 Å². The van der Waals surface area contributed by atoms with Gasteiger partial charge in [-0.2, -0.15) is 0 Å². The molecule has 0 fully saturated rings. The number of hydrogen-bond acceptors (Lipinski definition) is 5. The Morgan fingerprint density at radius 3 is 0.845 bits per heavy atom. The van der Waals surface area contributed by atoms with E-state index in [9.17, 15) is 25.2 Å². The van der Waals surface area contributed by atoms with Crippen LogP contribution in [0.25, 0.3) is 0 Å². The highest BCUT2D eigenvalue weighted by atomic mass is 16.3. The molecule has 0 bridgehead atoms. The predicted octanol–water partition coefficient (Wildman–Crippen LogP) is 19.4. The van der Waals surface area contributed by atoms with E-state index in [1.165, 1.54) is 289 Å². The Morgan fingerprint density at radius 1 is 0.338 bits per heavy atom. The summed E-state index contributed by atoms with van der Waals surface area (Å²) in [6, 6.07) is -1.00. The summed E-state index contributed by atoms with van der Waals surface area (Å²) in [6.45, 7) is 4.09. The van der Waals surface area contributed by atoms with Crippen molar-refractivity contribution in [2.24, 2.45) is 0 Å². The average Bonchev–Trinajstić information content (AvgIpc) is 3.38. The number of amides is 1. The molecular formula is C65H127NO5. The summed E-state index contributed by atoms with van der Waals surface area (Å²) in [7, 11) is 0. The van der Waals surface area contributed by atoms with Crippen LogP contribution < -0.4 is 5.32 Å². The Morgan fingerprint density at radius 2 is 0.577 bits per heavy atom. The SMILES string of the molecule is CCCCCCCCCCCCCC/C=C\CCCCCCCCCCCCCCCCCC(O)C(=O)NC(CO)C(O)C(O)CCC/C=C/CCCCCCCCCCCCCCCCCCCCC. The standard InChI is InChI=1S/C65H127NO5/c1-3-5-7-9-11-13-15-17-19-21-23-25-27-29-30-31-32-33-34-35-37-39-41-43-45-47-49-51-53-55-57-59-63(69)65(71)66-61(60-67)64(70)62(68)58-56-54-52-50-48-46-44-42-40-38-36-28-26-24-22-20-18-16-14-12-10-8-6-4-2/h29-30,50,52,61-64,67-70H,3-28,31-49,51,53-60H2,1-2H3,(H,66,71)/b30-29-,52-50+. The molecule has 4 unspecified atom stereocenters. The lowest BCUT2D eigenvalue weighted by molar-refractivity contribution is -0.132. The van der Waals surface area contributed by atoms with Crippen molar-refractivity contribution >= 4 is 5.91 Å². The zero-order valence-corrected chi connectivity index (χ0v) is 48.0. The van der Waals surface area contributed by atoms with Crippen molar-refractivity contribution in [1.82, 2.24) is 5.32 Å². The highest BCUT2D eigenvalue weighted by Gasteiger charge is 2.28. The second-order valence-electron chi connectivity index (χ2n) is 22.5. The van der Waals surface area contributed by atoms with Gasteiger partial charge in [0.1, 0.15) is 12.2 Å². The van der Waals surface area contributed by atoms with E-state index in [-0.39, 0.29) is 0 Å². The minimum absolute atomic E-state index is 0.366. The molecule has 71 heavy (non-hydrogen) atoms. The Labute approximate surface area is 444 Å². The van der Waals surface area contributed by atoms with Crippen LogP contribution in [-0.2, 0) is 4.79 Å². The molecule has 0 heterocycles. The van der Waals surface area contributed by atoms with Crippen LogP contribution in [0.15, 0.2) is 24.3 Å². The van der Waals surface area contributed by atoms with Crippen molar-refractivity contribution < 1.29 is 25.2 Å². The molecule has 0 aliphatic rings. The van der Waals surface area contributed by atoms with Gasteiger partial charge < -0.3 is 25.7 Å². The molecule has 0 saturated carbocycles. The first-order valence-corrected chi connectivity index (χ1v) is 32.2. The summed E-state index contributed by atoms with van der Waals surface area (Å²) in [5, 5.41) is 44.1. The number of hydrogen-bond donors (Lipinski definition) is 5. The third-order valence-corrected chi connectivity index (χ3v) is 15.4. The second-order valence-corrected chi connectivity index (χ2v) is 22.5. The van der Waals surface area contributed by atoms with Crippen molar-refractivity contribution in [3.63, 3.8) is 0 Å². The summed E-state index contributed by atoms with van der Waals surface area (Å²) in [6.07, 6.45) is 74.3. The molecule has 0 spiro atoms. The van der Waals surface area contributed by atoms with E-state index in [0.717, 1.165) is 38.5 Å². The van der Waals surface area contributed by atoms with Crippen molar-refractivity contribution in [2.75, 3.05) is 6.61 Å². The van der Waals surface area contributed by atoms with Gasteiger partial charge in [0.15, 0.2) is 0 Å². The van der Waals surface area contributed by atoms with Crippen LogP contribution in [0.4, 0.5) is 0 Å². The number of rotatable bonds is 60. The maximum absolute atomic E-state index is 12.6. The maximum Gasteiger partial charge on any atom is 0.249 e. The third kappa shape index (κ3) is 53.4. The zero-order valence-electron chi connectivity index (χ0n) is 48.0. The number of aliphatic hydroxyl groups is 4. The zero-order chi connectivity index (χ0) is 51.6. The van der Waals surface area contributed by atoms with Gasteiger partial charge in [-0.3, -0.25) is 4.79 Å². The van der Waals surface area contributed by atoms with Crippen LogP contribution >= 0.6 is 0 Å². The normalized spacial score (nSPS) is 13.7. The van der Waals surface area contributed by atoms with Gasteiger partial charge in [-0.05, 0) is 64.2 Å². The van der Waals surface area contributed by atoms with Crippen LogP contribution in [0.2, 0.25) is 0 Å². The van der Waals surface area contributed by atoms with Crippen LogP contribution in [0.1, 0.15) is 354 Å². The van der Waals surface area contributed by atoms with Crippen molar-refractivity contribution in [2.45, 2.75) is 379 Å². The van der Waals surface area contributed by atoms with Crippen LogP contribution in [0.5, 0.6) is 0 Å². The average molecular weight is 1000 g/mol. The number of unbranched alkanes of at least 4 members (excludes halogenated alkanes) is 47. The van der Waals surface area contributed by atoms with Gasteiger partial charge >= 0.3 is 0 Å². The van der Waals surface area contributed by atoms with Crippen molar-refractivity contribution in [3.8, 4) is 0 Å². The van der Waals surface area contributed by atoms with Gasteiger partial charge in [-0.25, -0.2) is 0 Å². The fourth-order valence-electron chi connectivity index (χ4n) is 10.3. The van der Waals surface area contributed by atoms with E-state index in [1.807, 2.05) is 0 Å². The van der Waals surface area contributed by atoms with Gasteiger partial charge in [-0.1, -0.05) is 314 Å². The van der Waals surface area contributed by atoms with Gasteiger partial charge in [-0.15, -0.1) is 0 Å². The van der Waals surface area contributed by atoms with Crippen LogP contribution in [0.3, 0.4) is 0 Å². The number of carbonyl (C=O) groups excluding carboxylic acids is 1. The highest BCUT2D eigenvalue weighted by Crippen LogP contribution is 2.19. The fourth-order valence-corrected chi connectivity index (χ4v) is 10.3. The number of nitrogens with one attached hydrogen (secondary N) is 1. The molecule has 5 N–H and O–H groups in total. The predicted molar refractivity (Wildman–Crippen MR) is 311 cm³/mol. The van der Waals surface area contributed by atoms with Gasteiger partial charge in [0.2, 0.25) is 5.91 Å². The second kappa shape index (κ2) is 59.7. The Balaban J connectivity index is 3.58. The number of allylic oxidation sites excluding steroid dienone is 4. The highest BCUT2D eigenvalue weighted by molar-refractivity contribution is 5.80. The van der Waals surface area contributed by atoms with Gasteiger partial charge in [0.05, 0.1) is 18.8 Å².